The van der Waals surface area contributed by atoms with Gasteiger partial charge < -0.3 is 13.7 Å². The highest BCUT2D eigenvalue weighted by Gasteiger charge is 2.36. The van der Waals surface area contributed by atoms with Crippen LogP contribution in [0, 0.1) is 0 Å². The number of aromatic nitrogens is 1. The van der Waals surface area contributed by atoms with E-state index in [9.17, 15) is 4.79 Å². The number of rotatable bonds is 2. The van der Waals surface area contributed by atoms with Gasteiger partial charge in [-0.3, -0.25) is 0 Å². The summed E-state index contributed by atoms with van der Waals surface area (Å²) in [4.78, 5) is 13.2. The van der Waals surface area contributed by atoms with Crippen LogP contribution in [0.4, 0.5) is 0 Å². The number of ether oxygens (including phenoxy) is 1. The van der Waals surface area contributed by atoms with Gasteiger partial charge in [0.05, 0.1) is 22.0 Å². The third kappa shape index (κ3) is 2.75. The van der Waals surface area contributed by atoms with Crippen molar-refractivity contribution in [2.75, 3.05) is 0 Å². The maximum absolute atomic E-state index is 13.2. The molecule has 2 atom stereocenters. The fourth-order valence-corrected chi connectivity index (χ4v) is 5.48. The van der Waals surface area contributed by atoms with Gasteiger partial charge in [0, 0.05) is 23.1 Å². The van der Waals surface area contributed by atoms with E-state index in [1.165, 1.54) is 10.8 Å². The molecular weight excluding hydrogens is 422 g/mol. The van der Waals surface area contributed by atoms with Crippen LogP contribution < -0.4 is 10.4 Å². The molecule has 3 heterocycles. The summed E-state index contributed by atoms with van der Waals surface area (Å²) in [6, 6.07) is 34.7. The summed E-state index contributed by atoms with van der Waals surface area (Å²) in [7, 11) is 0. The minimum absolute atomic E-state index is 0.143. The molecule has 164 valence electrons. The molecule has 1 aliphatic rings. The van der Waals surface area contributed by atoms with Gasteiger partial charge in [0.1, 0.15) is 11.3 Å². The summed E-state index contributed by atoms with van der Waals surface area (Å²) < 4.78 is 14.8. The van der Waals surface area contributed by atoms with Crippen molar-refractivity contribution in [3.05, 3.63) is 125 Å². The van der Waals surface area contributed by atoms with Crippen LogP contribution >= 0.6 is 0 Å². The lowest BCUT2D eigenvalue weighted by Gasteiger charge is -2.33. The van der Waals surface area contributed by atoms with E-state index < -0.39 is 0 Å². The Morgan fingerprint density at radius 1 is 0.676 bits per heavy atom. The summed E-state index contributed by atoms with van der Waals surface area (Å²) in [5.74, 6) is 0.481. The van der Waals surface area contributed by atoms with E-state index in [1.54, 1.807) is 0 Å². The average molecular weight is 444 g/mol. The zero-order chi connectivity index (χ0) is 22.6. The van der Waals surface area contributed by atoms with E-state index >= 15 is 0 Å². The minimum Gasteiger partial charge on any atom is -0.469 e. The highest BCUT2D eigenvalue weighted by Crippen LogP contribution is 2.47. The van der Waals surface area contributed by atoms with E-state index in [0.717, 1.165) is 22.0 Å². The van der Waals surface area contributed by atoms with Gasteiger partial charge in [0.2, 0.25) is 0 Å². The zero-order valence-electron chi connectivity index (χ0n) is 18.3. The van der Waals surface area contributed by atoms with Crippen LogP contribution in [0.25, 0.3) is 32.8 Å². The summed E-state index contributed by atoms with van der Waals surface area (Å²) in [6.07, 6.45) is 0.343. The second-order valence-electron chi connectivity index (χ2n) is 8.80. The lowest BCUT2D eigenvalue weighted by Crippen LogP contribution is -2.28. The van der Waals surface area contributed by atoms with E-state index in [4.69, 9.17) is 9.15 Å². The number of para-hydroxylation sites is 3. The first-order valence-electron chi connectivity index (χ1n) is 11.5. The molecule has 2 aromatic heterocycles. The van der Waals surface area contributed by atoms with Crippen LogP contribution in [0.1, 0.15) is 29.7 Å². The lowest BCUT2D eigenvalue weighted by atomic mass is 9.86. The summed E-state index contributed by atoms with van der Waals surface area (Å²) in [5.41, 5.74) is 4.14. The SMILES string of the molecule is O=c1oc2ccccc2c2c1C(c1ccccc1)CC(n1c3ccccc3c3ccccc31)O2. The Kier molecular flexibility index (Phi) is 4.15. The molecule has 0 saturated heterocycles. The molecule has 4 aromatic carbocycles. The van der Waals surface area contributed by atoms with E-state index in [0.29, 0.717) is 23.3 Å². The van der Waals surface area contributed by atoms with Crippen LogP contribution in [-0.4, -0.2) is 4.57 Å². The molecule has 34 heavy (non-hydrogen) atoms. The maximum Gasteiger partial charge on any atom is 0.343 e. The fraction of sp³-hybridized carbons (Fsp3) is 0.100. The van der Waals surface area contributed by atoms with Crippen molar-refractivity contribution in [3.63, 3.8) is 0 Å². The Balaban J connectivity index is 1.53. The van der Waals surface area contributed by atoms with Crippen molar-refractivity contribution >= 4 is 32.8 Å². The van der Waals surface area contributed by atoms with Crippen LogP contribution in [0.5, 0.6) is 5.75 Å². The third-order valence-corrected chi connectivity index (χ3v) is 6.95. The summed E-state index contributed by atoms with van der Waals surface area (Å²) in [6.45, 7) is 0. The normalized spacial score (nSPS) is 17.6. The largest absolute Gasteiger partial charge is 0.469 e. The summed E-state index contributed by atoms with van der Waals surface area (Å²) in [5, 5.41) is 3.21. The second kappa shape index (κ2) is 7.35. The number of fused-ring (bicyclic) bond motifs is 6. The Hall–Kier alpha value is -4.31. The molecule has 0 amide bonds. The molecule has 4 nitrogen and oxygen atoms in total. The molecule has 0 spiro atoms. The van der Waals surface area contributed by atoms with Crippen molar-refractivity contribution in [1.29, 1.82) is 0 Å². The number of hydrogen-bond acceptors (Lipinski definition) is 3. The molecule has 2 unspecified atom stereocenters. The molecule has 0 radical (unpaired) electrons. The molecule has 7 rings (SSSR count). The van der Waals surface area contributed by atoms with Gasteiger partial charge in [-0.15, -0.1) is 0 Å². The van der Waals surface area contributed by atoms with Crippen molar-refractivity contribution in [2.24, 2.45) is 0 Å². The van der Waals surface area contributed by atoms with E-state index in [-0.39, 0.29) is 17.8 Å². The van der Waals surface area contributed by atoms with Gasteiger partial charge in [-0.2, -0.15) is 0 Å². The van der Waals surface area contributed by atoms with Gasteiger partial charge in [-0.05, 0) is 29.8 Å². The first-order chi connectivity index (χ1) is 16.8. The van der Waals surface area contributed by atoms with Crippen LogP contribution in [0.3, 0.4) is 0 Å². The number of hydrogen-bond donors (Lipinski definition) is 0. The molecular formula is C30H21NO3. The minimum atomic E-state index is -0.330. The highest BCUT2D eigenvalue weighted by molar-refractivity contribution is 6.08. The van der Waals surface area contributed by atoms with Crippen molar-refractivity contribution in [1.82, 2.24) is 4.57 Å². The first kappa shape index (κ1) is 19.2. The topological polar surface area (TPSA) is 44.4 Å². The smallest absolute Gasteiger partial charge is 0.343 e. The molecule has 0 fully saturated rings. The highest BCUT2D eigenvalue weighted by atomic mass is 16.5. The van der Waals surface area contributed by atoms with Gasteiger partial charge in [-0.25, -0.2) is 4.79 Å². The average Bonchev–Trinajstić information content (AvgIpc) is 3.23. The maximum atomic E-state index is 13.2. The molecule has 6 aromatic rings. The molecule has 0 bridgehead atoms. The quantitative estimate of drug-likeness (QED) is 0.270. The van der Waals surface area contributed by atoms with Crippen LogP contribution in [0.2, 0.25) is 0 Å². The van der Waals surface area contributed by atoms with Gasteiger partial charge in [0.25, 0.3) is 0 Å². The van der Waals surface area contributed by atoms with Crippen LogP contribution in [0.15, 0.2) is 112 Å². The number of benzene rings is 4. The molecule has 4 heteroatoms. The Morgan fingerprint density at radius 2 is 1.26 bits per heavy atom. The molecule has 1 aliphatic heterocycles. The lowest BCUT2D eigenvalue weighted by molar-refractivity contribution is 0.108. The third-order valence-electron chi connectivity index (χ3n) is 6.95. The van der Waals surface area contributed by atoms with Gasteiger partial charge >= 0.3 is 5.63 Å². The molecule has 0 saturated carbocycles. The van der Waals surface area contributed by atoms with Crippen molar-refractivity contribution < 1.29 is 9.15 Å². The Labute approximate surface area is 195 Å². The molecule has 0 N–H and O–H groups in total. The van der Waals surface area contributed by atoms with Gasteiger partial charge in [0.15, 0.2) is 6.23 Å². The second-order valence-corrected chi connectivity index (χ2v) is 8.80. The fourth-order valence-electron chi connectivity index (χ4n) is 5.48. The molecule has 0 aliphatic carbocycles. The first-order valence-corrected chi connectivity index (χ1v) is 11.5. The van der Waals surface area contributed by atoms with Crippen molar-refractivity contribution in [3.8, 4) is 5.75 Å². The Bertz CT molecular complexity index is 1690. The zero-order valence-corrected chi connectivity index (χ0v) is 18.3. The number of nitrogens with zero attached hydrogens (tertiary/aromatic N) is 1. The van der Waals surface area contributed by atoms with Crippen molar-refractivity contribution in [2.45, 2.75) is 18.6 Å². The Morgan fingerprint density at radius 3 is 1.97 bits per heavy atom. The predicted octanol–water partition coefficient (Wildman–Crippen LogP) is 7.01. The monoisotopic (exact) mass is 443 g/mol. The predicted molar refractivity (Wildman–Crippen MR) is 134 cm³/mol. The van der Waals surface area contributed by atoms with E-state index in [2.05, 4.69) is 65.2 Å². The van der Waals surface area contributed by atoms with Crippen LogP contribution in [-0.2, 0) is 0 Å². The standard InChI is InChI=1S/C30H21NO3/c32-30-28-23(19-10-2-1-3-11-19)18-27(34-29(28)22-14-6-9-17-26(22)33-30)31-24-15-7-4-12-20(24)21-13-5-8-16-25(21)31/h1-17,23,27H,18H2. The summed E-state index contributed by atoms with van der Waals surface area (Å²) >= 11 is 0. The van der Waals surface area contributed by atoms with Gasteiger partial charge in [-0.1, -0.05) is 78.9 Å². The van der Waals surface area contributed by atoms with E-state index in [1.807, 2.05) is 42.5 Å².